The number of hydrogen-bond donors (Lipinski definition) is 1. The van der Waals surface area contributed by atoms with Crippen LogP contribution in [0, 0.1) is 5.92 Å². The second-order valence-corrected chi connectivity index (χ2v) is 13.2. The highest BCUT2D eigenvalue weighted by atomic mass is 32.2. The van der Waals surface area contributed by atoms with E-state index in [1.165, 1.54) is 46.2 Å². The fourth-order valence-corrected chi connectivity index (χ4v) is 9.08. The van der Waals surface area contributed by atoms with E-state index in [2.05, 4.69) is 5.32 Å². The molecule has 0 bridgehead atoms. The van der Waals surface area contributed by atoms with E-state index < -0.39 is 63.9 Å². The molecule has 4 aromatic rings. The third-order valence-electron chi connectivity index (χ3n) is 7.31. The summed E-state index contributed by atoms with van der Waals surface area (Å²) >= 11 is 3.25. The number of aromatic nitrogens is 1. The summed E-state index contributed by atoms with van der Waals surface area (Å²) in [4.78, 5) is 67.9. The van der Waals surface area contributed by atoms with Gasteiger partial charge >= 0.3 is 17.0 Å². The number of carbonyl (C=O) groups is 4. The maximum atomic E-state index is 13.9. The molecule has 2 aliphatic heterocycles. The van der Waals surface area contributed by atoms with Crippen molar-refractivity contribution in [3.63, 3.8) is 0 Å². The maximum Gasteiger partial charge on any atom is 0.416 e. The molecule has 2 aromatic carbocycles. The summed E-state index contributed by atoms with van der Waals surface area (Å²) in [5.41, 5.74) is -0.482. The van der Waals surface area contributed by atoms with Crippen LogP contribution in [-0.4, -0.2) is 40.1 Å². The molecule has 1 N–H and O–H groups in total. The number of alkyl halides is 3. The number of ether oxygens (including phenoxy) is 1. The molecule has 2 aromatic heterocycles. The highest BCUT2D eigenvalue weighted by molar-refractivity contribution is 8.00. The Kier molecular flexibility index (Phi) is 8.18. The van der Waals surface area contributed by atoms with Gasteiger partial charge in [-0.05, 0) is 60.8 Å². The van der Waals surface area contributed by atoms with Crippen molar-refractivity contribution in [1.29, 1.82) is 0 Å². The standard InChI is InChI=1S/C30H22F3N3O6S3/c1-2-42-28(40)15-8-10-18(11-9-15)36-25(38)22-21(19-7-4-12-43-19)24-27(44-23(22)26(36)39)35(29(41)45-24)14-20(37)34-17-6-3-5-16(13-17)30(31,32)33/h3-13,21-23H,2,14H2,1H3,(H,34,37)/t21-,22?,23?/m1/s1. The Morgan fingerprint density at radius 1 is 1.00 bits per heavy atom. The number of imide groups is 1. The Bertz CT molecular complexity index is 1870. The number of nitrogens with zero attached hydrogens (tertiary/aromatic N) is 2. The molecule has 1 saturated heterocycles. The number of rotatable bonds is 7. The van der Waals surface area contributed by atoms with Gasteiger partial charge in [-0.3, -0.25) is 23.7 Å². The summed E-state index contributed by atoms with van der Waals surface area (Å²) in [6.07, 6.45) is -4.60. The molecule has 9 nitrogen and oxygen atoms in total. The van der Waals surface area contributed by atoms with E-state index in [-0.39, 0.29) is 23.5 Å². The summed E-state index contributed by atoms with van der Waals surface area (Å²) in [6.45, 7) is 1.36. The number of nitrogens with one attached hydrogen (secondary N) is 1. The predicted molar refractivity (Wildman–Crippen MR) is 163 cm³/mol. The van der Waals surface area contributed by atoms with Crippen LogP contribution in [0.5, 0.6) is 0 Å². The SMILES string of the molecule is CCOC(=O)c1ccc(N2C(=O)C3Sc4c(sc(=O)n4CC(=O)Nc4cccc(C(F)(F)F)c4)[C@H](c4cccs4)C3C2=O)cc1. The van der Waals surface area contributed by atoms with Gasteiger partial charge in [-0.1, -0.05) is 35.2 Å². The van der Waals surface area contributed by atoms with Crippen LogP contribution >= 0.6 is 34.4 Å². The molecule has 0 aliphatic carbocycles. The number of thiophene rings is 1. The van der Waals surface area contributed by atoms with Gasteiger partial charge in [-0.25, -0.2) is 9.69 Å². The minimum atomic E-state index is -4.60. The van der Waals surface area contributed by atoms with E-state index in [1.807, 2.05) is 11.4 Å². The average molecular weight is 674 g/mol. The number of anilines is 2. The van der Waals surface area contributed by atoms with Crippen molar-refractivity contribution in [3.8, 4) is 0 Å². The average Bonchev–Trinajstić information content (AvgIpc) is 3.70. The lowest BCUT2D eigenvalue weighted by Crippen LogP contribution is -2.32. The summed E-state index contributed by atoms with van der Waals surface area (Å²) in [7, 11) is 0. The van der Waals surface area contributed by atoms with E-state index in [4.69, 9.17) is 4.74 Å². The number of hydrogen-bond acceptors (Lipinski definition) is 9. The van der Waals surface area contributed by atoms with Gasteiger partial charge in [0.15, 0.2) is 0 Å². The van der Waals surface area contributed by atoms with Crippen LogP contribution in [0.15, 0.2) is 75.9 Å². The van der Waals surface area contributed by atoms with Gasteiger partial charge in [0.1, 0.15) is 11.8 Å². The van der Waals surface area contributed by atoms with Crippen LogP contribution in [0.3, 0.4) is 0 Å². The Hall–Kier alpha value is -4.21. The third-order valence-corrected chi connectivity index (χ3v) is 10.9. The van der Waals surface area contributed by atoms with Gasteiger partial charge in [0.2, 0.25) is 17.7 Å². The molecule has 6 rings (SSSR count). The molecule has 3 atom stereocenters. The number of halogens is 3. The Balaban J connectivity index is 1.32. The van der Waals surface area contributed by atoms with Crippen molar-refractivity contribution in [1.82, 2.24) is 4.57 Å². The zero-order valence-electron chi connectivity index (χ0n) is 23.2. The smallest absolute Gasteiger partial charge is 0.416 e. The lowest BCUT2D eigenvalue weighted by molar-refractivity contribution is -0.137. The van der Waals surface area contributed by atoms with Crippen molar-refractivity contribution < 1.29 is 37.1 Å². The molecule has 2 unspecified atom stereocenters. The number of carbonyl (C=O) groups excluding carboxylic acids is 4. The molecule has 0 saturated carbocycles. The molecule has 4 heterocycles. The molecule has 1 fully saturated rings. The molecule has 45 heavy (non-hydrogen) atoms. The number of thiazole rings is 1. The Labute approximate surface area is 265 Å². The first-order chi connectivity index (χ1) is 21.5. The van der Waals surface area contributed by atoms with Crippen molar-refractivity contribution in [2.45, 2.75) is 35.8 Å². The number of esters is 1. The maximum absolute atomic E-state index is 13.9. The van der Waals surface area contributed by atoms with Crippen LogP contribution in [0.1, 0.15) is 38.5 Å². The molecular formula is C30H22F3N3O6S3. The number of amides is 3. The van der Waals surface area contributed by atoms with Crippen LogP contribution in [0.4, 0.5) is 24.5 Å². The van der Waals surface area contributed by atoms with Crippen LogP contribution in [0.25, 0.3) is 0 Å². The third kappa shape index (κ3) is 5.71. The predicted octanol–water partition coefficient (Wildman–Crippen LogP) is 5.60. The number of fused-ring (bicyclic) bond motifs is 2. The molecule has 2 aliphatic rings. The van der Waals surface area contributed by atoms with Gasteiger partial charge in [0.05, 0.1) is 34.4 Å². The fraction of sp³-hybridized carbons (Fsp3) is 0.233. The molecule has 232 valence electrons. The quantitative estimate of drug-likeness (QED) is 0.201. The van der Waals surface area contributed by atoms with Gasteiger partial charge in [0.25, 0.3) is 0 Å². The lowest BCUT2D eigenvalue weighted by atomic mass is 9.87. The van der Waals surface area contributed by atoms with Gasteiger partial charge < -0.3 is 10.1 Å². The lowest BCUT2D eigenvalue weighted by Gasteiger charge is -2.29. The van der Waals surface area contributed by atoms with Crippen molar-refractivity contribution in [3.05, 3.63) is 96.6 Å². The first kappa shape index (κ1) is 30.8. The van der Waals surface area contributed by atoms with Crippen molar-refractivity contribution in [2.24, 2.45) is 5.92 Å². The van der Waals surface area contributed by atoms with Gasteiger partial charge in [0, 0.05) is 21.4 Å². The minimum Gasteiger partial charge on any atom is -0.462 e. The molecular weight excluding hydrogens is 652 g/mol. The van der Waals surface area contributed by atoms with E-state index >= 15 is 0 Å². The largest absolute Gasteiger partial charge is 0.462 e. The van der Waals surface area contributed by atoms with E-state index in [1.54, 1.807) is 13.0 Å². The highest BCUT2D eigenvalue weighted by Gasteiger charge is 2.57. The fourth-order valence-electron chi connectivity index (χ4n) is 5.36. The normalized spacial score (nSPS) is 19.3. The number of thioether (sulfide) groups is 1. The number of benzene rings is 2. The summed E-state index contributed by atoms with van der Waals surface area (Å²) in [6, 6.07) is 13.7. The van der Waals surface area contributed by atoms with Gasteiger partial charge in [-0.15, -0.1) is 11.3 Å². The zero-order chi connectivity index (χ0) is 32.0. The second kappa shape index (κ2) is 11.9. The highest BCUT2D eigenvalue weighted by Crippen LogP contribution is 2.54. The van der Waals surface area contributed by atoms with Crippen molar-refractivity contribution >= 4 is 69.5 Å². The Morgan fingerprint density at radius 2 is 1.76 bits per heavy atom. The summed E-state index contributed by atoms with van der Waals surface area (Å²) < 4.78 is 45.7. The monoisotopic (exact) mass is 673 g/mol. The first-order valence-electron chi connectivity index (χ1n) is 13.5. The minimum absolute atomic E-state index is 0.0858. The van der Waals surface area contributed by atoms with Crippen LogP contribution < -0.4 is 15.1 Å². The molecule has 0 radical (unpaired) electrons. The van der Waals surface area contributed by atoms with E-state index in [0.29, 0.717) is 9.90 Å². The van der Waals surface area contributed by atoms with Crippen LogP contribution in [-0.2, 0) is 31.8 Å². The van der Waals surface area contributed by atoms with Gasteiger partial charge in [-0.2, -0.15) is 13.2 Å². The summed E-state index contributed by atoms with van der Waals surface area (Å²) in [5.74, 6) is -3.72. The molecule has 0 spiro atoms. The zero-order valence-corrected chi connectivity index (χ0v) is 25.6. The van der Waals surface area contributed by atoms with Crippen molar-refractivity contribution in [2.75, 3.05) is 16.8 Å². The second-order valence-electron chi connectivity index (χ2n) is 10.1. The topological polar surface area (TPSA) is 115 Å². The summed E-state index contributed by atoms with van der Waals surface area (Å²) in [5, 5.41) is 3.66. The van der Waals surface area contributed by atoms with Crippen LogP contribution in [0.2, 0.25) is 0 Å². The van der Waals surface area contributed by atoms with E-state index in [0.717, 1.165) is 51.1 Å². The molecule has 15 heteroatoms. The first-order valence-corrected chi connectivity index (χ1v) is 16.1. The Morgan fingerprint density at radius 3 is 2.42 bits per heavy atom. The molecule has 3 amide bonds. The van der Waals surface area contributed by atoms with E-state index in [9.17, 15) is 37.1 Å².